The van der Waals surface area contributed by atoms with Crippen LogP contribution in [0, 0.1) is 11.8 Å². The van der Waals surface area contributed by atoms with Gasteiger partial charge in [0.1, 0.15) is 16.6 Å². The molecule has 3 heterocycles. The molecule has 0 unspecified atom stereocenters. The molecule has 3 N–H and O–H groups in total. The lowest BCUT2D eigenvalue weighted by Crippen LogP contribution is -2.38. The first kappa shape index (κ1) is 21.0. The molecule has 32 heavy (non-hydrogen) atoms. The number of nitrogen functional groups attached to an aromatic ring is 1. The van der Waals surface area contributed by atoms with Crippen molar-refractivity contribution >= 4 is 17.2 Å². The number of anilines is 1. The summed E-state index contributed by atoms with van der Waals surface area (Å²) in [6.07, 6.45) is 3.77. The molecule has 0 radical (unpaired) electrons. The van der Waals surface area contributed by atoms with Gasteiger partial charge in [0.25, 0.3) is 0 Å². The Hall–Kier alpha value is -4.26. The molecule has 1 fully saturated rings. The van der Waals surface area contributed by atoms with Crippen molar-refractivity contribution in [2.24, 2.45) is 0 Å². The molecule has 10 nitrogen and oxygen atoms in total. The van der Waals surface area contributed by atoms with Gasteiger partial charge in [0.05, 0.1) is 32.0 Å². The largest absolute Gasteiger partial charge is 0.545 e. The van der Waals surface area contributed by atoms with E-state index in [0.717, 1.165) is 0 Å². The standard InChI is InChI=1S/C22H22N6O4/c1-4-19(29)26-8-7-16(13-26)27-12-15(20-21(23)24-25-22(30)28(20)27)6-5-14-9-17(31-2)11-18(10-14)32-3/h4,9-12,16H,1,7-8,13,23H2,2-3H3/p+1/t16-/m0/s1. The maximum atomic E-state index is 12.0. The summed E-state index contributed by atoms with van der Waals surface area (Å²) >= 11 is 0. The van der Waals surface area contributed by atoms with E-state index in [1.165, 1.54) is 10.6 Å². The number of methoxy groups -OCH3 is 2. The molecule has 1 saturated heterocycles. The van der Waals surface area contributed by atoms with E-state index in [1.807, 2.05) is 0 Å². The van der Waals surface area contributed by atoms with Gasteiger partial charge in [0.15, 0.2) is 0 Å². The fourth-order valence-corrected chi connectivity index (χ4v) is 3.79. The van der Waals surface area contributed by atoms with Crippen LogP contribution < -0.4 is 19.7 Å². The average molecular weight is 435 g/mol. The van der Waals surface area contributed by atoms with E-state index in [0.29, 0.717) is 47.7 Å². The Morgan fingerprint density at radius 3 is 2.66 bits per heavy atom. The minimum Gasteiger partial charge on any atom is -0.497 e. The second-order valence-electron chi connectivity index (χ2n) is 7.25. The topological polar surface area (TPSA) is 120 Å². The molecule has 2 aromatic heterocycles. The zero-order valence-corrected chi connectivity index (χ0v) is 17.8. The second-order valence-corrected chi connectivity index (χ2v) is 7.25. The molecule has 10 heteroatoms. The van der Waals surface area contributed by atoms with Crippen LogP contribution in [0.15, 0.2) is 37.1 Å². The number of aromatic nitrogens is 4. The van der Waals surface area contributed by atoms with Crippen molar-refractivity contribution in [1.82, 2.24) is 19.8 Å². The first-order valence-corrected chi connectivity index (χ1v) is 9.89. The number of fused-ring (bicyclic) bond motifs is 1. The molecule has 4 rings (SSSR count). The number of aromatic hydroxyl groups is 1. The van der Waals surface area contributed by atoms with Crippen LogP contribution in [0.5, 0.6) is 17.5 Å². The number of benzene rings is 1. The number of rotatable bonds is 4. The van der Waals surface area contributed by atoms with Gasteiger partial charge in [-0.05, 0) is 29.7 Å². The Bertz CT molecular complexity index is 1250. The summed E-state index contributed by atoms with van der Waals surface area (Å²) in [7, 11) is 3.14. The van der Waals surface area contributed by atoms with Crippen LogP contribution in [-0.4, -0.2) is 58.1 Å². The normalized spacial score (nSPS) is 15.3. The van der Waals surface area contributed by atoms with Crippen LogP contribution in [0.25, 0.3) is 5.52 Å². The number of carbonyl (C=O) groups excluding carboxylic acids is 1. The number of hydrogen-bond acceptors (Lipinski definition) is 7. The smallest absolute Gasteiger partial charge is 0.497 e. The molecule has 1 aliphatic rings. The van der Waals surface area contributed by atoms with Crippen molar-refractivity contribution in [3.63, 3.8) is 0 Å². The number of carbonyl (C=O) groups is 1. The van der Waals surface area contributed by atoms with Gasteiger partial charge in [0.2, 0.25) is 17.2 Å². The highest BCUT2D eigenvalue weighted by molar-refractivity contribution is 5.87. The Balaban J connectivity index is 1.80. The maximum absolute atomic E-state index is 12.0. The molecular weight excluding hydrogens is 412 g/mol. The molecule has 1 amide bonds. The SMILES string of the molecule is C=CC(=O)N1CC[C@H](n2cc(C#Cc3cc(OC)cc(OC)c3)c3c(N)nnc(O)[n+]32)C1. The van der Waals surface area contributed by atoms with E-state index < -0.39 is 0 Å². The van der Waals surface area contributed by atoms with Crippen molar-refractivity contribution < 1.29 is 23.9 Å². The van der Waals surface area contributed by atoms with E-state index in [1.54, 1.807) is 48.2 Å². The summed E-state index contributed by atoms with van der Waals surface area (Å²) in [5, 5.41) is 18.0. The van der Waals surface area contributed by atoms with Crippen molar-refractivity contribution in [1.29, 1.82) is 0 Å². The van der Waals surface area contributed by atoms with Gasteiger partial charge in [-0.2, -0.15) is 0 Å². The molecule has 1 aliphatic heterocycles. The zero-order valence-electron chi connectivity index (χ0n) is 17.8. The summed E-state index contributed by atoms with van der Waals surface area (Å²) in [6, 6.07) is 4.91. The average Bonchev–Trinajstić information content (AvgIpc) is 3.45. The third-order valence-corrected chi connectivity index (χ3v) is 5.36. The predicted octanol–water partition coefficient (Wildman–Crippen LogP) is 0.681. The lowest BCUT2D eigenvalue weighted by molar-refractivity contribution is -0.624. The van der Waals surface area contributed by atoms with Crippen LogP contribution in [0.3, 0.4) is 0 Å². The van der Waals surface area contributed by atoms with Crippen LogP contribution in [0.1, 0.15) is 23.6 Å². The van der Waals surface area contributed by atoms with Crippen molar-refractivity contribution in [3.05, 3.63) is 48.2 Å². The Labute approximate surface area is 184 Å². The van der Waals surface area contributed by atoms with Crippen molar-refractivity contribution in [3.8, 4) is 29.4 Å². The molecule has 1 atom stereocenters. The third-order valence-electron chi connectivity index (χ3n) is 5.36. The zero-order chi connectivity index (χ0) is 22.8. The first-order valence-electron chi connectivity index (χ1n) is 9.89. The molecule has 164 valence electrons. The van der Waals surface area contributed by atoms with E-state index in [-0.39, 0.29) is 23.8 Å². The number of likely N-dealkylation sites (tertiary alicyclic amines) is 1. The predicted molar refractivity (Wildman–Crippen MR) is 115 cm³/mol. The molecule has 0 bridgehead atoms. The second kappa shape index (κ2) is 8.47. The number of amides is 1. The van der Waals surface area contributed by atoms with E-state index in [9.17, 15) is 9.90 Å². The molecular formula is C22H23N6O4+. The van der Waals surface area contributed by atoms with Crippen LogP contribution in [-0.2, 0) is 4.79 Å². The summed E-state index contributed by atoms with van der Waals surface area (Å²) in [4.78, 5) is 13.7. The molecule has 0 aliphatic carbocycles. The monoisotopic (exact) mass is 435 g/mol. The number of nitrogens with two attached hydrogens (primary N) is 1. The highest BCUT2D eigenvalue weighted by Gasteiger charge is 2.32. The maximum Gasteiger partial charge on any atom is 0.545 e. The highest BCUT2D eigenvalue weighted by atomic mass is 16.5. The fourth-order valence-electron chi connectivity index (χ4n) is 3.79. The Kier molecular flexibility index (Phi) is 5.55. The van der Waals surface area contributed by atoms with Crippen molar-refractivity contribution in [2.45, 2.75) is 12.5 Å². The van der Waals surface area contributed by atoms with E-state index >= 15 is 0 Å². The van der Waals surface area contributed by atoms with Crippen LogP contribution >= 0.6 is 0 Å². The first-order chi connectivity index (χ1) is 15.4. The van der Waals surface area contributed by atoms with Crippen molar-refractivity contribution in [2.75, 3.05) is 33.0 Å². The van der Waals surface area contributed by atoms with E-state index in [4.69, 9.17) is 15.2 Å². The summed E-state index contributed by atoms with van der Waals surface area (Å²) in [5.74, 6) is 7.42. The minimum atomic E-state index is -0.321. The van der Waals surface area contributed by atoms with Gasteiger partial charge in [-0.1, -0.05) is 22.9 Å². The van der Waals surface area contributed by atoms with Crippen LogP contribution in [0.2, 0.25) is 0 Å². The van der Waals surface area contributed by atoms with Gasteiger partial charge in [-0.3, -0.25) is 4.79 Å². The van der Waals surface area contributed by atoms with Gasteiger partial charge < -0.3 is 25.2 Å². The summed E-state index contributed by atoms with van der Waals surface area (Å²) < 4.78 is 13.9. The number of nitrogens with zero attached hydrogens (tertiary/aromatic N) is 5. The lowest BCUT2D eigenvalue weighted by Gasteiger charge is -2.14. The van der Waals surface area contributed by atoms with Crippen LogP contribution in [0.4, 0.5) is 5.82 Å². The molecule has 3 aromatic rings. The lowest BCUT2D eigenvalue weighted by atomic mass is 10.2. The third kappa shape index (κ3) is 3.76. The Morgan fingerprint density at radius 1 is 1.28 bits per heavy atom. The summed E-state index contributed by atoms with van der Waals surface area (Å²) in [6.45, 7) is 4.59. The fraction of sp³-hybridized carbons (Fsp3) is 0.273. The summed E-state index contributed by atoms with van der Waals surface area (Å²) in [5.41, 5.74) is 7.77. The van der Waals surface area contributed by atoms with Gasteiger partial charge in [0, 0.05) is 24.7 Å². The molecule has 0 spiro atoms. The number of hydrogen-bond donors (Lipinski definition) is 2. The van der Waals surface area contributed by atoms with Gasteiger partial charge in [-0.15, -0.1) is 0 Å². The molecule has 1 aromatic carbocycles. The van der Waals surface area contributed by atoms with E-state index in [2.05, 4.69) is 28.6 Å². The highest BCUT2D eigenvalue weighted by Crippen LogP contribution is 2.25. The quantitative estimate of drug-likeness (QED) is 0.351. The van der Waals surface area contributed by atoms with Gasteiger partial charge >= 0.3 is 6.01 Å². The number of ether oxygens (including phenoxy) is 2. The minimum absolute atomic E-state index is 0.103. The van der Waals surface area contributed by atoms with Gasteiger partial charge in [-0.25, -0.2) is 4.68 Å². The molecule has 0 saturated carbocycles. The Morgan fingerprint density at radius 2 is 2.00 bits per heavy atom.